The van der Waals surface area contributed by atoms with Crippen LogP contribution >= 0.6 is 0 Å². The molecule has 4 heteroatoms. The van der Waals surface area contributed by atoms with Gasteiger partial charge in [0.15, 0.2) is 0 Å². The minimum Gasteiger partial charge on any atom is -0.377 e. The molecule has 1 amide bonds. The van der Waals surface area contributed by atoms with Gasteiger partial charge < -0.3 is 15.4 Å². The lowest BCUT2D eigenvalue weighted by atomic mass is 10.2. The van der Waals surface area contributed by atoms with Gasteiger partial charge in [-0.05, 0) is 20.3 Å². The maximum atomic E-state index is 11.5. The molecule has 0 aliphatic heterocycles. The standard InChI is InChI=1S/C10H22N2O2/c1-5-9(11)10(13)12(4)6-7-14-8(2)3/h8-9H,5-7,11H2,1-4H3/t9-/m1/s1. The van der Waals surface area contributed by atoms with Gasteiger partial charge in [-0.2, -0.15) is 0 Å². The van der Waals surface area contributed by atoms with Crippen LogP contribution in [-0.2, 0) is 9.53 Å². The van der Waals surface area contributed by atoms with Crippen LogP contribution in [-0.4, -0.2) is 43.2 Å². The normalized spacial score (nSPS) is 13.0. The lowest BCUT2D eigenvalue weighted by Crippen LogP contribution is -2.42. The van der Waals surface area contributed by atoms with E-state index < -0.39 is 0 Å². The van der Waals surface area contributed by atoms with Crippen LogP contribution in [0.4, 0.5) is 0 Å². The van der Waals surface area contributed by atoms with Gasteiger partial charge in [0.2, 0.25) is 5.91 Å². The molecule has 0 heterocycles. The van der Waals surface area contributed by atoms with Gasteiger partial charge in [-0.3, -0.25) is 4.79 Å². The number of carbonyl (C=O) groups is 1. The van der Waals surface area contributed by atoms with Gasteiger partial charge in [0.25, 0.3) is 0 Å². The summed E-state index contributed by atoms with van der Waals surface area (Å²) in [6.45, 7) is 7.02. The fourth-order valence-corrected chi connectivity index (χ4v) is 0.993. The van der Waals surface area contributed by atoms with Gasteiger partial charge in [-0.25, -0.2) is 0 Å². The lowest BCUT2D eigenvalue weighted by molar-refractivity contribution is -0.132. The second-order valence-electron chi connectivity index (χ2n) is 3.69. The average Bonchev–Trinajstić information content (AvgIpc) is 2.14. The quantitative estimate of drug-likeness (QED) is 0.686. The third-order valence-electron chi connectivity index (χ3n) is 2.01. The van der Waals surface area contributed by atoms with E-state index in [-0.39, 0.29) is 18.1 Å². The monoisotopic (exact) mass is 202 g/mol. The van der Waals surface area contributed by atoms with E-state index in [1.165, 1.54) is 0 Å². The average molecular weight is 202 g/mol. The van der Waals surface area contributed by atoms with Crippen LogP contribution < -0.4 is 5.73 Å². The number of hydrogen-bond acceptors (Lipinski definition) is 3. The molecule has 0 rings (SSSR count). The van der Waals surface area contributed by atoms with Crippen molar-refractivity contribution in [1.29, 1.82) is 0 Å². The number of nitrogens with zero attached hydrogens (tertiary/aromatic N) is 1. The largest absolute Gasteiger partial charge is 0.377 e. The fourth-order valence-electron chi connectivity index (χ4n) is 0.993. The van der Waals surface area contributed by atoms with E-state index in [1.807, 2.05) is 20.8 Å². The highest BCUT2D eigenvalue weighted by molar-refractivity contribution is 5.81. The second kappa shape index (κ2) is 6.79. The van der Waals surface area contributed by atoms with Gasteiger partial charge in [-0.1, -0.05) is 6.92 Å². The molecule has 0 bridgehead atoms. The van der Waals surface area contributed by atoms with Crippen LogP contribution in [0, 0.1) is 0 Å². The first kappa shape index (κ1) is 13.4. The Labute approximate surface area is 86.4 Å². The van der Waals surface area contributed by atoms with Crippen LogP contribution in [0.5, 0.6) is 0 Å². The molecule has 0 unspecified atom stereocenters. The maximum absolute atomic E-state index is 11.5. The molecule has 0 saturated carbocycles. The Balaban J connectivity index is 3.73. The summed E-state index contributed by atoms with van der Waals surface area (Å²) < 4.78 is 5.34. The van der Waals surface area contributed by atoms with Gasteiger partial charge in [0, 0.05) is 13.6 Å². The van der Waals surface area contributed by atoms with E-state index in [0.717, 1.165) is 0 Å². The highest BCUT2D eigenvalue weighted by atomic mass is 16.5. The Morgan fingerprint density at radius 3 is 2.50 bits per heavy atom. The Kier molecular flexibility index (Phi) is 6.49. The van der Waals surface area contributed by atoms with E-state index in [0.29, 0.717) is 19.6 Å². The summed E-state index contributed by atoms with van der Waals surface area (Å²) >= 11 is 0. The topological polar surface area (TPSA) is 55.6 Å². The summed E-state index contributed by atoms with van der Waals surface area (Å²) in [5.41, 5.74) is 5.62. The molecule has 2 N–H and O–H groups in total. The highest BCUT2D eigenvalue weighted by Crippen LogP contribution is 1.95. The maximum Gasteiger partial charge on any atom is 0.239 e. The highest BCUT2D eigenvalue weighted by Gasteiger charge is 2.15. The van der Waals surface area contributed by atoms with Crippen molar-refractivity contribution in [2.24, 2.45) is 5.73 Å². The predicted octanol–water partition coefficient (Wildman–Crippen LogP) is 0.607. The number of amides is 1. The van der Waals surface area contributed by atoms with Crippen molar-refractivity contribution in [3.05, 3.63) is 0 Å². The zero-order valence-electron chi connectivity index (χ0n) is 9.62. The van der Waals surface area contributed by atoms with E-state index in [9.17, 15) is 4.79 Å². The molecule has 0 aliphatic rings. The molecular formula is C10H22N2O2. The smallest absolute Gasteiger partial charge is 0.239 e. The van der Waals surface area contributed by atoms with Crippen molar-refractivity contribution >= 4 is 5.91 Å². The number of likely N-dealkylation sites (N-methyl/N-ethyl adjacent to an activating group) is 1. The van der Waals surface area contributed by atoms with Gasteiger partial charge in [-0.15, -0.1) is 0 Å². The van der Waals surface area contributed by atoms with Gasteiger partial charge >= 0.3 is 0 Å². The Morgan fingerprint density at radius 1 is 1.50 bits per heavy atom. The third kappa shape index (κ3) is 5.19. The first-order valence-electron chi connectivity index (χ1n) is 5.11. The molecule has 4 nitrogen and oxygen atoms in total. The molecular weight excluding hydrogens is 180 g/mol. The Morgan fingerprint density at radius 2 is 2.07 bits per heavy atom. The number of hydrogen-bond donors (Lipinski definition) is 1. The first-order valence-corrected chi connectivity index (χ1v) is 5.11. The van der Waals surface area contributed by atoms with Crippen molar-refractivity contribution in [1.82, 2.24) is 4.90 Å². The summed E-state index contributed by atoms with van der Waals surface area (Å²) in [6, 6.07) is -0.376. The minimum absolute atomic E-state index is 0.0140. The van der Waals surface area contributed by atoms with Crippen LogP contribution in [0.3, 0.4) is 0 Å². The molecule has 0 saturated heterocycles. The molecule has 0 aromatic carbocycles. The van der Waals surface area contributed by atoms with Crippen LogP contribution in [0.2, 0.25) is 0 Å². The summed E-state index contributed by atoms with van der Waals surface area (Å²) in [4.78, 5) is 13.1. The Bertz CT molecular complexity index is 172. The lowest BCUT2D eigenvalue weighted by Gasteiger charge is -2.21. The fraction of sp³-hybridized carbons (Fsp3) is 0.900. The summed E-state index contributed by atoms with van der Waals surface area (Å²) in [5.74, 6) is -0.0140. The van der Waals surface area contributed by atoms with Crippen molar-refractivity contribution in [3.8, 4) is 0 Å². The first-order chi connectivity index (χ1) is 6.49. The van der Waals surface area contributed by atoms with E-state index in [4.69, 9.17) is 10.5 Å². The zero-order valence-corrected chi connectivity index (χ0v) is 9.62. The van der Waals surface area contributed by atoms with Crippen molar-refractivity contribution in [2.75, 3.05) is 20.2 Å². The summed E-state index contributed by atoms with van der Waals surface area (Å²) in [6.07, 6.45) is 0.882. The number of rotatable bonds is 6. The molecule has 0 aromatic heterocycles. The zero-order chi connectivity index (χ0) is 11.1. The molecule has 0 spiro atoms. The van der Waals surface area contributed by atoms with Crippen molar-refractivity contribution < 1.29 is 9.53 Å². The van der Waals surface area contributed by atoms with E-state index in [1.54, 1.807) is 11.9 Å². The molecule has 1 atom stereocenters. The van der Waals surface area contributed by atoms with Crippen molar-refractivity contribution in [3.63, 3.8) is 0 Å². The van der Waals surface area contributed by atoms with Gasteiger partial charge in [0.1, 0.15) is 0 Å². The minimum atomic E-state index is -0.376. The van der Waals surface area contributed by atoms with Crippen molar-refractivity contribution in [2.45, 2.75) is 39.3 Å². The molecule has 84 valence electrons. The summed E-state index contributed by atoms with van der Waals surface area (Å²) in [5, 5.41) is 0. The van der Waals surface area contributed by atoms with Gasteiger partial charge in [0.05, 0.1) is 18.8 Å². The SMILES string of the molecule is CC[C@@H](N)C(=O)N(C)CCOC(C)C. The van der Waals surface area contributed by atoms with Crippen LogP contribution in [0.15, 0.2) is 0 Å². The molecule has 0 radical (unpaired) electrons. The van der Waals surface area contributed by atoms with E-state index in [2.05, 4.69) is 0 Å². The van der Waals surface area contributed by atoms with Crippen LogP contribution in [0.1, 0.15) is 27.2 Å². The molecule has 0 aromatic rings. The number of carbonyl (C=O) groups excluding carboxylic acids is 1. The van der Waals surface area contributed by atoms with Crippen LogP contribution in [0.25, 0.3) is 0 Å². The number of ether oxygens (including phenoxy) is 1. The molecule has 14 heavy (non-hydrogen) atoms. The van der Waals surface area contributed by atoms with E-state index >= 15 is 0 Å². The molecule has 0 aliphatic carbocycles. The summed E-state index contributed by atoms with van der Waals surface area (Å²) in [7, 11) is 1.75. The molecule has 0 fully saturated rings. The second-order valence-corrected chi connectivity index (χ2v) is 3.69. The third-order valence-corrected chi connectivity index (χ3v) is 2.01. The predicted molar refractivity (Wildman–Crippen MR) is 57.0 cm³/mol. The number of nitrogens with two attached hydrogens (primary N) is 1. The Hall–Kier alpha value is -0.610.